The van der Waals surface area contributed by atoms with E-state index in [4.69, 9.17) is 5.73 Å². The van der Waals surface area contributed by atoms with Crippen molar-refractivity contribution in [1.29, 1.82) is 0 Å². The van der Waals surface area contributed by atoms with Crippen LogP contribution < -0.4 is 5.73 Å². The zero-order valence-corrected chi connectivity index (χ0v) is 11.5. The van der Waals surface area contributed by atoms with Gasteiger partial charge in [0.1, 0.15) is 0 Å². The number of likely N-dealkylation sites (N-methyl/N-ethyl adjacent to an activating group) is 1. The molecule has 0 saturated heterocycles. The number of thiophene rings is 1. The van der Waals surface area contributed by atoms with Crippen LogP contribution in [0.4, 0.5) is 0 Å². The average molecular weight is 289 g/mol. The standard InChI is InChI=1S/C11H17BrN2S/c1-7(13)11(14(2)9-3-4-9)10-5-8(12)6-15-10/h5-7,9,11H,3-4,13H2,1-2H3. The van der Waals surface area contributed by atoms with E-state index in [-0.39, 0.29) is 6.04 Å². The minimum Gasteiger partial charge on any atom is -0.326 e. The lowest BCUT2D eigenvalue weighted by atomic mass is 10.1. The second kappa shape index (κ2) is 4.53. The molecule has 2 rings (SSSR count). The van der Waals surface area contributed by atoms with Crippen LogP contribution >= 0.6 is 27.3 Å². The summed E-state index contributed by atoms with van der Waals surface area (Å²) in [5.41, 5.74) is 6.09. The Morgan fingerprint density at radius 3 is 2.67 bits per heavy atom. The molecule has 1 heterocycles. The Balaban J connectivity index is 2.18. The quantitative estimate of drug-likeness (QED) is 0.923. The molecule has 1 aliphatic carbocycles. The topological polar surface area (TPSA) is 29.3 Å². The van der Waals surface area contributed by atoms with Crippen molar-refractivity contribution in [2.45, 2.75) is 37.9 Å². The first-order valence-electron chi connectivity index (χ1n) is 5.31. The normalized spacial score (nSPS) is 20.6. The average Bonchev–Trinajstić information content (AvgIpc) is 2.91. The fourth-order valence-corrected chi connectivity index (χ4v) is 3.73. The van der Waals surface area contributed by atoms with E-state index >= 15 is 0 Å². The molecule has 0 spiro atoms. The summed E-state index contributed by atoms with van der Waals surface area (Å²) in [4.78, 5) is 3.80. The molecule has 0 radical (unpaired) electrons. The van der Waals surface area contributed by atoms with E-state index < -0.39 is 0 Å². The fourth-order valence-electron chi connectivity index (χ4n) is 2.02. The summed E-state index contributed by atoms with van der Waals surface area (Å²) in [6.07, 6.45) is 2.65. The molecule has 4 heteroatoms. The lowest BCUT2D eigenvalue weighted by molar-refractivity contribution is 0.213. The number of nitrogens with two attached hydrogens (primary N) is 1. The first-order chi connectivity index (χ1) is 7.09. The molecule has 0 bridgehead atoms. The van der Waals surface area contributed by atoms with Crippen LogP contribution in [0.1, 0.15) is 30.7 Å². The Morgan fingerprint density at radius 1 is 1.60 bits per heavy atom. The number of halogens is 1. The van der Waals surface area contributed by atoms with Gasteiger partial charge in [0, 0.05) is 26.8 Å². The van der Waals surface area contributed by atoms with E-state index in [2.05, 4.69) is 46.2 Å². The predicted molar refractivity (Wildman–Crippen MR) is 69.2 cm³/mol. The van der Waals surface area contributed by atoms with Gasteiger partial charge in [-0.25, -0.2) is 0 Å². The zero-order valence-electron chi connectivity index (χ0n) is 9.11. The fraction of sp³-hybridized carbons (Fsp3) is 0.636. The summed E-state index contributed by atoms with van der Waals surface area (Å²) in [6, 6.07) is 3.49. The van der Waals surface area contributed by atoms with Crippen molar-refractivity contribution in [3.8, 4) is 0 Å². The van der Waals surface area contributed by atoms with E-state index in [0.717, 1.165) is 10.5 Å². The highest BCUT2D eigenvalue weighted by molar-refractivity contribution is 9.10. The largest absolute Gasteiger partial charge is 0.326 e. The molecule has 0 aromatic carbocycles. The van der Waals surface area contributed by atoms with Crippen LogP contribution in [0.15, 0.2) is 15.9 Å². The molecule has 2 nitrogen and oxygen atoms in total. The number of rotatable bonds is 4. The van der Waals surface area contributed by atoms with Gasteiger partial charge in [0.2, 0.25) is 0 Å². The summed E-state index contributed by atoms with van der Waals surface area (Å²) >= 11 is 5.29. The lowest BCUT2D eigenvalue weighted by Gasteiger charge is -2.30. The Labute approximate surface area is 104 Å². The summed E-state index contributed by atoms with van der Waals surface area (Å²) in [5.74, 6) is 0. The summed E-state index contributed by atoms with van der Waals surface area (Å²) in [5, 5.41) is 2.13. The van der Waals surface area contributed by atoms with Crippen molar-refractivity contribution in [3.05, 3.63) is 20.8 Å². The van der Waals surface area contributed by atoms with Crippen molar-refractivity contribution >= 4 is 27.3 Å². The zero-order chi connectivity index (χ0) is 11.0. The summed E-state index contributed by atoms with van der Waals surface area (Å²) in [6.45, 7) is 2.09. The smallest absolute Gasteiger partial charge is 0.0591 e. The van der Waals surface area contributed by atoms with Crippen LogP contribution in [0, 0.1) is 0 Å². The van der Waals surface area contributed by atoms with Gasteiger partial charge in [-0.05, 0) is 48.8 Å². The van der Waals surface area contributed by atoms with Crippen molar-refractivity contribution < 1.29 is 0 Å². The highest BCUT2D eigenvalue weighted by atomic mass is 79.9. The maximum absolute atomic E-state index is 6.09. The minimum atomic E-state index is 0.182. The first-order valence-corrected chi connectivity index (χ1v) is 6.98. The summed E-state index contributed by atoms with van der Waals surface area (Å²) < 4.78 is 1.16. The van der Waals surface area contributed by atoms with Gasteiger partial charge in [-0.1, -0.05) is 0 Å². The molecule has 2 unspecified atom stereocenters. The van der Waals surface area contributed by atoms with Gasteiger partial charge in [0.25, 0.3) is 0 Å². The van der Waals surface area contributed by atoms with E-state index in [1.807, 2.05) is 0 Å². The number of hydrogen-bond acceptors (Lipinski definition) is 3. The molecule has 15 heavy (non-hydrogen) atoms. The van der Waals surface area contributed by atoms with Crippen molar-refractivity contribution in [2.75, 3.05) is 7.05 Å². The Bertz CT molecular complexity index is 333. The molecular weight excluding hydrogens is 272 g/mol. The van der Waals surface area contributed by atoms with Gasteiger partial charge in [-0.3, -0.25) is 4.90 Å². The molecule has 1 aromatic heterocycles. The van der Waals surface area contributed by atoms with Gasteiger partial charge in [0.05, 0.1) is 6.04 Å². The van der Waals surface area contributed by atoms with Crippen LogP contribution in [-0.4, -0.2) is 24.0 Å². The highest BCUT2D eigenvalue weighted by Gasteiger charge is 2.34. The molecule has 2 N–H and O–H groups in total. The van der Waals surface area contributed by atoms with Crippen LogP contribution in [0.2, 0.25) is 0 Å². The van der Waals surface area contributed by atoms with Crippen LogP contribution in [0.25, 0.3) is 0 Å². The van der Waals surface area contributed by atoms with Gasteiger partial charge in [-0.15, -0.1) is 11.3 Å². The predicted octanol–water partition coefficient (Wildman–Crippen LogP) is 2.99. The Morgan fingerprint density at radius 2 is 2.27 bits per heavy atom. The lowest BCUT2D eigenvalue weighted by Crippen LogP contribution is -2.37. The molecule has 1 saturated carbocycles. The van der Waals surface area contributed by atoms with Gasteiger partial charge < -0.3 is 5.73 Å². The van der Waals surface area contributed by atoms with E-state index in [0.29, 0.717) is 6.04 Å². The molecule has 0 amide bonds. The molecule has 0 aliphatic heterocycles. The van der Waals surface area contributed by atoms with Crippen molar-refractivity contribution in [1.82, 2.24) is 4.90 Å². The number of hydrogen-bond donors (Lipinski definition) is 1. The maximum atomic E-state index is 6.09. The molecule has 1 fully saturated rings. The van der Waals surface area contributed by atoms with Crippen molar-refractivity contribution in [3.63, 3.8) is 0 Å². The van der Waals surface area contributed by atoms with Crippen molar-refractivity contribution in [2.24, 2.45) is 5.73 Å². The third kappa shape index (κ3) is 2.61. The van der Waals surface area contributed by atoms with E-state index in [1.165, 1.54) is 17.7 Å². The maximum Gasteiger partial charge on any atom is 0.0591 e. The van der Waals surface area contributed by atoms with Gasteiger partial charge in [0.15, 0.2) is 0 Å². The number of nitrogens with zero attached hydrogens (tertiary/aromatic N) is 1. The Kier molecular flexibility index (Phi) is 3.50. The highest BCUT2D eigenvalue weighted by Crippen LogP contribution is 2.37. The second-order valence-electron chi connectivity index (χ2n) is 4.37. The second-order valence-corrected chi connectivity index (χ2v) is 6.23. The molecule has 1 aliphatic rings. The SMILES string of the molecule is CC(N)C(c1cc(Br)cs1)N(C)C1CC1. The summed E-state index contributed by atoms with van der Waals surface area (Å²) in [7, 11) is 2.19. The molecule has 84 valence electrons. The first kappa shape index (κ1) is 11.6. The van der Waals surface area contributed by atoms with Crippen LogP contribution in [0.3, 0.4) is 0 Å². The van der Waals surface area contributed by atoms with Gasteiger partial charge in [-0.2, -0.15) is 0 Å². The minimum absolute atomic E-state index is 0.182. The third-order valence-electron chi connectivity index (χ3n) is 2.94. The molecule has 1 aromatic rings. The van der Waals surface area contributed by atoms with Gasteiger partial charge >= 0.3 is 0 Å². The molecule has 2 atom stereocenters. The monoisotopic (exact) mass is 288 g/mol. The molecular formula is C11H17BrN2S. The Hall–Kier alpha value is 0.1000. The van der Waals surface area contributed by atoms with Crippen LogP contribution in [0.5, 0.6) is 0 Å². The van der Waals surface area contributed by atoms with Crippen LogP contribution in [-0.2, 0) is 0 Å². The van der Waals surface area contributed by atoms with E-state index in [1.54, 1.807) is 11.3 Å². The van der Waals surface area contributed by atoms with E-state index in [9.17, 15) is 0 Å². The third-order valence-corrected chi connectivity index (χ3v) is 4.70.